The average Bonchev–Trinajstić information content (AvgIpc) is 2.19. The van der Waals surface area contributed by atoms with E-state index in [9.17, 15) is 4.79 Å². The number of ether oxygens (including phenoxy) is 1. The van der Waals surface area contributed by atoms with E-state index in [2.05, 4.69) is 15.9 Å². The van der Waals surface area contributed by atoms with Crippen LogP contribution in [0.5, 0.6) is 5.75 Å². The molecule has 1 aromatic carbocycles. The number of halogens is 1. The Labute approximate surface area is 91.4 Å². The van der Waals surface area contributed by atoms with Gasteiger partial charge in [0.2, 0.25) is 0 Å². The van der Waals surface area contributed by atoms with Crippen molar-refractivity contribution in [1.82, 2.24) is 0 Å². The molecule has 0 amide bonds. The first-order chi connectivity index (χ1) is 6.60. The SMILES string of the molecule is COc1cc(C)cc(C(=O)CBr)c1N. The lowest BCUT2D eigenvalue weighted by Gasteiger charge is -2.09. The van der Waals surface area contributed by atoms with Gasteiger partial charge in [-0.2, -0.15) is 0 Å². The Hall–Kier alpha value is -1.03. The van der Waals surface area contributed by atoms with Crippen molar-refractivity contribution >= 4 is 27.4 Å². The van der Waals surface area contributed by atoms with E-state index in [-0.39, 0.29) is 11.1 Å². The molecule has 0 aromatic heterocycles. The predicted octanol–water partition coefficient (Wildman–Crippen LogP) is 2.16. The van der Waals surface area contributed by atoms with E-state index in [0.29, 0.717) is 17.0 Å². The van der Waals surface area contributed by atoms with Crippen LogP contribution in [0.25, 0.3) is 0 Å². The van der Waals surface area contributed by atoms with Gasteiger partial charge in [0.25, 0.3) is 0 Å². The van der Waals surface area contributed by atoms with Crippen molar-refractivity contribution in [3.05, 3.63) is 23.3 Å². The van der Waals surface area contributed by atoms with Gasteiger partial charge < -0.3 is 10.5 Å². The second kappa shape index (κ2) is 4.46. The minimum absolute atomic E-state index is 0.0375. The number of benzene rings is 1. The number of hydrogen-bond donors (Lipinski definition) is 1. The standard InChI is InChI=1S/C10H12BrNO2/c1-6-3-7(8(13)5-11)10(12)9(4-6)14-2/h3-4H,5,12H2,1-2H3. The zero-order valence-electron chi connectivity index (χ0n) is 8.13. The van der Waals surface area contributed by atoms with Crippen molar-refractivity contribution in [3.8, 4) is 5.75 Å². The second-order valence-electron chi connectivity index (χ2n) is 2.99. The molecule has 3 nitrogen and oxygen atoms in total. The smallest absolute Gasteiger partial charge is 0.175 e. The minimum atomic E-state index is -0.0375. The van der Waals surface area contributed by atoms with Crippen molar-refractivity contribution in [3.63, 3.8) is 0 Å². The zero-order chi connectivity index (χ0) is 10.7. The molecule has 0 spiro atoms. The topological polar surface area (TPSA) is 52.3 Å². The Kier molecular flexibility index (Phi) is 3.52. The normalized spacial score (nSPS) is 9.93. The summed E-state index contributed by atoms with van der Waals surface area (Å²) in [7, 11) is 1.54. The van der Waals surface area contributed by atoms with Crippen LogP contribution in [0.1, 0.15) is 15.9 Å². The summed E-state index contributed by atoms with van der Waals surface area (Å²) in [5, 5.41) is 0.268. The van der Waals surface area contributed by atoms with Crippen LogP contribution in [0.4, 0.5) is 5.69 Å². The number of Topliss-reactive ketones (excluding diaryl/α,β-unsaturated/α-hetero) is 1. The summed E-state index contributed by atoms with van der Waals surface area (Å²) >= 11 is 3.11. The van der Waals surface area contributed by atoms with Gasteiger partial charge in [0.05, 0.1) is 18.1 Å². The number of ketones is 1. The van der Waals surface area contributed by atoms with E-state index >= 15 is 0 Å². The van der Waals surface area contributed by atoms with Crippen LogP contribution >= 0.6 is 15.9 Å². The van der Waals surface area contributed by atoms with Gasteiger partial charge in [0, 0.05) is 5.56 Å². The van der Waals surface area contributed by atoms with Crippen LogP contribution in [0, 0.1) is 6.92 Å². The second-order valence-corrected chi connectivity index (χ2v) is 3.55. The molecule has 0 aliphatic heterocycles. The summed E-state index contributed by atoms with van der Waals surface area (Å²) in [6.07, 6.45) is 0. The molecule has 76 valence electrons. The minimum Gasteiger partial charge on any atom is -0.495 e. The van der Waals surface area contributed by atoms with Crippen LogP contribution in [0.3, 0.4) is 0 Å². The summed E-state index contributed by atoms with van der Waals surface area (Å²) in [4.78, 5) is 11.5. The first-order valence-corrected chi connectivity index (χ1v) is 5.25. The first kappa shape index (κ1) is 11.0. The number of rotatable bonds is 3. The van der Waals surface area contributed by atoms with Gasteiger partial charge in [-0.15, -0.1) is 0 Å². The van der Waals surface area contributed by atoms with E-state index in [4.69, 9.17) is 10.5 Å². The maximum absolute atomic E-state index is 11.5. The van der Waals surface area contributed by atoms with Gasteiger partial charge in [-0.1, -0.05) is 15.9 Å². The summed E-state index contributed by atoms with van der Waals surface area (Å²) in [5.41, 5.74) is 7.65. The van der Waals surface area contributed by atoms with Gasteiger partial charge in [-0.25, -0.2) is 0 Å². The lowest BCUT2D eigenvalue weighted by atomic mass is 10.1. The third-order valence-electron chi connectivity index (χ3n) is 1.93. The van der Waals surface area contributed by atoms with E-state index in [1.165, 1.54) is 7.11 Å². The average molecular weight is 258 g/mol. The molecular weight excluding hydrogens is 246 g/mol. The Balaban J connectivity index is 3.29. The third-order valence-corrected chi connectivity index (χ3v) is 2.44. The number of anilines is 1. The van der Waals surface area contributed by atoms with Crippen molar-refractivity contribution in [2.45, 2.75) is 6.92 Å². The molecule has 0 bridgehead atoms. The van der Waals surface area contributed by atoms with Gasteiger partial charge >= 0.3 is 0 Å². The molecule has 1 aromatic rings. The summed E-state index contributed by atoms with van der Waals surface area (Å²) in [6, 6.07) is 3.57. The number of aryl methyl sites for hydroxylation is 1. The zero-order valence-corrected chi connectivity index (χ0v) is 9.72. The highest BCUT2D eigenvalue weighted by Crippen LogP contribution is 2.27. The predicted molar refractivity (Wildman–Crippen MR) is 60.3 cm³/mol. The van der Waals surface area contributed by atoms with E-state index < -0.39 is 0 Å². The lowest BCUT2D eigenvalue weighted by molar-refractivity contribution is 0.102. The van der Waals surface area contributed by atoms with Crippen molar-refractivity contribution in [2.75, 3.05) is 18.2 Å². The van der Waals surface area contributed by atoms with Crippen molar-refractivity contribution in [2.24, 2.45) is 0 Å². The number of nitrogens with two attached hydrogens (primary N) is 1. The number of alkyl halides is 1. The van der Waals surface area contributed by atoms with Crippen LogP contribution < -0.4 is 10.5 Å². The quantitative estimate of drug-likeness (QED) is 0.513. The number of carbonyl (C=O) groups is 1. The molecule has 0 radical (unpaired) electrons. The Morgan fingerprint density at radius 1 is 1.57 bits per heavy atom. The number of hydrogen-bond acceptors (Lipinski definition) is 3. The molecule has 2 N–H and O–H groups in total. The maximum Gasteiger partial charge on any atom is 0.175 e. The molecule has 14 heavy (non-hydrogen) atoms. The highest BCUT2D eigenvalue weighted by Gasteiger charge is 2.12. The monoisotopic (exact) mass is 257 g/mol. The fourth-order valence-electron chi connectivity index (χ4n) is 1.24. The van der Waals surface area contributed by atoms with E-state index in [0.717, 1.165) is 5.56 Å². The molecule has 0 aliphatic rings. The van der Waals surface area contributed by atoms with E-state index in [1.807, 2.05) is 6.92 Å². The Morgan fingerprint density at radius 3 is 2.71 bits per heavy atom. The molecule has 1 rings (SSSR count). The summed E-state index contributed by atoms with van der Waals surface area (Å²) in [5.74, 6) is 0.513. The molecule has 0 heterocycles. The van der Waals surface area contributed by atoms with Gasteiger partial charge in [-0.3, -0.25) is 4.79 Å². The molecule has 0 saturated heterocycles. The highest BCUT2D eigenvalue weighted by atomic mass is 79.9. The fourth-order valence-corrected chi connectivity index (χ4v) is 1.54. The molecule has 0 unspecified atom stereocenters. The molecular formula is C10H12BrNO2. The third kappa shape index (κ3) is 2.07. The van der Waals surface area contributed by atoms with Crippen LogP contribution in [0.2, 0.25) is 0 Å². The molecule has 0 atom stereocenters. The maximum atomic E-state index is 11.5. The van der Waals surface area contributed by atoms with Gasteiger partial charge in [-0.05, 0) is 24.6 Å². The van der Waals surface area contributed by atoms with E-state index in [1.54, 1.807) is 12.1 Å². The largest absolute Gasteiger partial charge is 0.495 e. The van der Waals surface area contributed by atoms with Crippen molar-refractivity contribution < 1.29 is 9.53 Å². The van der Waals surface area contributed by atoms with Gasteiger partial charge in [0.15, 0.2) is 5.78 Å². The lowest BCUT2D eigenvalue weighted by Crippen LogP contribution is -2.06. The molecule has 0 fully saturated rings. The highest BCUT2D eigenvalue weighted by molar-refractivity contribution is 9.09. The number of methoxy groups -OCH3 is 1. The number of nitrogen functional groups attached to an aromatic ring is 1. The molecule has 0 saturated carbocycles. The van der Waals surface area contributed by atoms with Crippen LogP contribution in [0.15, 0.2) is 12.1 Å². The van der Waals surface area contributed by atoms with Crippen LogP contribution in [-0.2, 0) is 0 Å². The number of carbonyl (C=O) groups excluding carboxylic acids is 1. The molecule has 4 heteroatoms. The summed E-state index contributed by atoms with van der Waals surface area (Å²) in [6.45, 7) is 1.90. The Bertz CT molecular complexity index is 363. The van der Waals surface area contributed by atoms with Crippen molar-refractivity contribution in [1.29, 1.82) is 0 Å². The first-order valence-electron chi connectivity index (χ1n) is 4.13. The molecule has 0 aliphatic carbocycles. The van der Waals surface area contributed by atoms with Crippen LogP contribution in [-0.4, -0.2) is 18.2 Å². The summed E-state index contributed by atoms with van der Waals surface area (Å²) < 4.78 is 5.07. The fraction of sp³-hybridized carbons (Fsp3) is 0.300. The van der Waals surface area contributed by atoms with Gasteiger partial charge in [0.1, 0.15) is 5.75 Å². The Morgan fingerprint density at radius 2 is 2.21 bits per heavy atom.